The zero-order valence-corrected chi connectivity index (χ0v) is 18.1. The Bertz CT molecular complexity index is 437. The Morgan fingerprint density at radius 2 is 1.29 bits per heavy atom. The van der Waals surface area contributed by atoms with Crippen LogP contribution in [0.25, 0.3) is 0 Å². The molecular formula is C22H41NO5. The third-order valence-corrected chi connectivity index (χ3v) is 4.61. The van der Waals surface area contributed by atoms with Crippen LogP contribution >= 0.6 is 0 Å². The molecule has 1 atom stereocenters. The maximum Gasteiger partial charge on any atom is 0.329 e. The van der Waals surface area contributed by atoms with Crippen molar-refractivity contribution >= 4 is 17.8 Å². The molecule has 6 heteroatoms. The Kier molecular flexibility index (Phi) is 16.5. The average molecular weight is 400 g/mol. The van der Waals surface area contributed by atoms with Gasteiger partial charge in [0.2, 0.25) is 5.91 Å². The van der Waals surface area contributed by atoms with Gasteiger partial charge in [0, 0.05) is 6.42 Å². The molecule has 0 aliphatic carbocycles. The third-order valence-electron chi connectivity index (χ3n) is 4.61. The number of hydrogen-bond acceptors (Lipinski definition) is 4. The summed E-state index contributed by atoms with van der Waals surface area (Å²) in [5.74, 6) is -2.13. The van der Waals surface area contributed by atoms with Crippen LogP contribution in [0.3, 0.4) is 0 Å². The molecule has 0 bridgehead atoms. The number of carboxylic acids is 1. The summed E-state index contributed by atoms with van der Waals surface area (Å²) in [6.07, 6.45) is 14.1. The van der Waals surface area contributed by atoms with Crippen molar-refractivity contribution in [2.45, 2.75) is 123 Å². The molecule has 0 saturated carbocycles. The first-order valence-corrected chi connectivity index (χ1v) is 11.1. The largest absolute Gasteiger partial charge is 0.481 e. The molecule has 0 aromatic heterocycles. The highest BCUT2D eigenvalue weighted by molar-refractivity contribution is 5.87. The van der Waals surface area contributed by atoms with Crippen LogP contribution in [-0.2, 0) is 19.1 Å². The van der Waals surface area contributed by atoms with Gasteiger partial charge in [-0.3, -0.25) is 9.59 Å². The van der Waals surface area contributed by atoms with Crippen molar-refractivity contribution in [2.75, 3.05) is 0 Å². The lowest BCUT2D eigenvalue weighted by molar-refractivity contribution is -0.154. The van der Waals surface area contributed by atoms with E-state index < -0.39 is 24.4 Å². The van der Waals surface area contributed by atoms with Gasteiger partial charge in [0.25, 0.3) is 0 Å². The molecule has 0 aromatic rings. The van der Waals surface area contributed by atoms with E-state index in [0.717, 1.165) is 19.3 Å². The maximum absolute atomic E-state index is 12.0. The smallest absolute Gasteiger partial charge is 0.329 e. The second-order valence-corrected chi connectivity index (χ2v) is 7.84. The number of unbranched alkanes of at least 4 members (excludes halogenated alkanes) is 11. The van der Waals surface area contributed by atoms with Gasteiger partial charge in [-0.1, -0.05) is 77.6 Å². The van der Waals surface area contributed by atoms with Crippen LogP contribution in [-0.4, -0.2) is 35.1 Å². The molecular weight excluding hydrogens is 358 g/mol. The summed E-state index contributed by atoms with van der Waals surface area (Å²) in [7, 11) is 0. The van der Waals surface area contributed by atoms with E-state index in [0.29, 0.717) is 6.42 Å². The highest BCUT2D eigenvalue weighted by Gasteiger charge is 2.25. The predicted molar refractivity (Wildman–Crippen MR) is 111 cm³/mol. The Labute approximate surface area is 170 Å². The molecule has 0 fully saturated rings. The minimum Gasteiger partial charge on any atom is -0.481 e. The number of ether oxygens (including phenoxy) is 1. The average Bonchev–Trinajstić information content (AvgIpc) is 2.61. The number of rotatable bonds is 18. The van der Waals surface area contributed by atoms with Gasteiger partial charge in [-0.05, 0) is 20.3 Å². The highest BCUT2D eigenvalue weighted by Crippen LogP contribution is 2.12. The van der Waals surface area contributed by atoms with Gasteiger partial charge in [-0.15, -0.1) is 0 Å². The van der Waals surface area contributed by atoms with E-state index in [4.69, 9.17) is 9.84 Å². The topological polar surface area (TPSA) is 92.7 Å². The molecule has 0 aliphatic heterocycles. The second kappa shape index (κ2) is 17.5. The Morgan fingerprint density at radius 1 is 0.821 bits per heavy atom. The van der Waals surface area contributed by atoms with E-state index in [1.54, 1.807) is 13.8 Å². The summed E-state index contributed by atoms with van der Waals surface area (Å²) in [5, 5.41) is 11.4. The van der Waals surface area contributed by atoms with E-state index in [1.165, 1.54) is 57.8 Å². The maximum atomic E-state index is 12.0. The highest BCUT2D eigenvalue weighted by atomic mass is 16.5. The van der Waals surface area contributed by atoms with E-state index in [9.17, 15) is 14.4 Å². The lowest BCUT2D eigenvalue weighted by Crippen LogP contribution is -2.43. The first-order chi connectivity index (χ1) is 13.4. The lowest BCUT2D eigenvalue weighted by atomic mass is 10.0. The Hall–Kier alpha value is -1.59. The molecule has 164 valence electrons. The predicted octanol–water partition coefficient (Wildman–Crippen LogP) is 4.99. The molecule has 0 spiro atoms. The number of esters is 1. The van der Waals surface area contributed by atoms with E-state index in [-0.39, 0.29) is 12.0 Å². The Balaban J connectivity index is 3.78. The normalized spacial score (nSPS) is 12.0. The molecule has 0 rings (SSSR count). The summed E-state index contributed by atoms with van der Waals surface area (Å²) >= 11 is 0. The van der Waals surface area contributed by atoms with Crippen LogP contribution in [0.1, 0.15) is 111 Å². The van der Waals surface area contributed by atoms with Crippen LogP contribution in [0.15, 0.2) is 0 Å². The van der Waals surface area contributed by atoms with Crippen molar-refractivity contribution in [1.29, 1.82) is 0 Å². The van der Waals surface area contributed by atoms with Gasteiger partial charge < -0.3 is 15.2 Å². The van der Waals surface area contributed by atoms with Gasteiger partial charge in [0.1, 0.15) is 6.04 Å². The molecule has 0 heterocycles. The van der Waals surface area contributed by atoms with Gasteiger partial charge >= 0.3 is 11.9 Å². The van der Waals surface area contributed by atoms with Crippen molar-refractivity contribution in [3.8, 4) is 0 Å². The molecule has 6 nitrogen and oxygen atoms in total. The van der Waals surface area contributed by atoms with Gasteiger partial charge in [-0.25, -0.2) is 4.79 Å². The molecule has 0 unspecified atom stereocenters. The number of hydrogen-bond donors (Lipinski definition) is 2. The summed E-state index contributed by atoms with van der Waals surface area (Å²) in [5.41, 5.74) is 0. The summed E-state index contributed by atoms with van der Waals surface area (Å²) < 4.78 is 5.01. The molecule has 2 N–H and O–H groups in total. The van der Waals surface area contributed by atoms with Crippen LogP contribution in [0.5, 0.6) is 0 Å². The Morgan fingerprint density at radius 3 is 1.71 bits per heavy atom. The molecule has 0 aromatic carbocycles. The fraction of sp³-hybridized carbons (Fsp3) is 0.864. The van der Waals surface area contributed by atoms with E-state index in [1.807, 2.05) is 0 Å². The monoisotopic (exact) mass is 399 g/mol. The summed E-state index contributed by atoms with van der Waals surface area (Å²) in [6.45, 7) is 5.60. The molecule has 0 radical (unpaired) electrons. The van der Waals surface area contributed by atoms with Crippen molar-refractivity contribution in [3.63, 3.8) is 0 Å². The summed E-state index contributed by atoms with van der Waals surface area (Å²) in [4.78, 5) is 34.8. The summed E-state index contributed by atoms with van der Waals surface area (Å²) in [6, 6.07) is -1.12. The van der Waals surface area contributed by atoms with Crippen LogP contribution in [0.4, 0.5) is 0 Å². The van der Waals surface area contributed by atoms with E-state index in [2.05, 4.69) is 12.2 Å². The zero-order valence-electron chi connectivity index (χ0n) is 18.1. The van der Waals surface area contributed by atoms with Crippen LogP contribution in [0, 0.1) is 0 Å². The van der Waals surface area contributed by atoms with Crippen LogP contribution in [0.2, 0.25) is 0 Å². The third kappa shape index (κ3) is 16.6. The fourth-order valence-electron chi connectivity index (χ4n) is 3.08. The number of carboxylic acid groups (broad SMARTS) is 1. The zero-order chi connectivity index (χ0) is 21.2. The van der Waals surface area contributed by atoms with Crippen molar-refractivity contribution in [3.05, 3.63) is 0 Å². The second-order valence-electron chi connectivity index (χ2n) is 7.84. The minimum absolute atomic E-state index is 0.293. The van der Waals surface area contributed by atoms with Crippen molar-refractivity contribution < 1.29 is 24.2 Å². The number of carbonyl (C=O) groups excluding carboxylic acids is 2. The number of carbonyl (C=O) groups is 3. The van der Waals surface area contributed by atoms with Crippen molar-refractivity contribution in [2.24, 2.45) is 0 Å². The number of amides is 1. The molecule has 0 aliphatic rings. The lowest BCUT2D eigenvalue weighted by Gasteiger charge is -2.17. The standard InChI is InChI=1S/C22H41NO5/c1-4-5-6-7-8-9-10-11-12-13-14-15-16-20(24)23-19(17-21(25)26)22(27)28-18(2)3/h18-19H,4-17H2,1-3H3,(H,23,24)(H,25,26)/t19-/m0/s1. The quantitative estimate of drug-likeness (QED) is 0.250. The molecule has 1 amide bonds. The SMILES string of the molecule is CCCCCCCCCCCCCCC(=O)N[C@@H](CC(=O)O)C(=O)OC(C)C. The number of aliphatic carboxylic acids is 1. The van der Waals surface area contributed by atoms with Gasteiger partial charge in [0.15, 0.2) is 0 Å². The van der Waals surface area contributed by atoms with E-state index >= 15 is 0 Å². The number of nitrogens with one attached hydrogen (secondary N) is 1. The molecule has 28 heavy (non-hydrogen) atoms. The minimum atomic E-state index is -1.14. The fourth-order valence-corrected chi connectivity index (χ4v) is 3.08. The van der Waals surface area contributed by atoms with Crippen molar-refractivity contribution in [1.82, 2.24) is 5.32 Å². The van der Waals surface area contributed by atoms with Gasteiger partial charge in [-0.2, -0.15) is 0 Å². The van der Waals surface area contributed by atoms with Crippen LogP contribution < -0.4 is 5.32 Å². The first-order valence-electron chi connectivity index (χ1n) is 11.1. The first kappa shape index (κ1) is 26.4. The van der Waals surface area contributed by atoms with Gasteiger partial charge in [0.05, 0.1) is 12.5 Å². The molecule has 0 saturated heterocycles.